The Morgan fingerprint density at radius 3 is 2.73 bits per heavy atom. The highest BCUT2D eigenvalue weighted by atomic mass is 16.7. The minimum atomic E-state index is -0.463. The Morgan fingerprint density at radius 1 is 1.40 bits per heavy atom. The maximum atomic E-state index is 8.99. The fourth-order valence-corrected chi connectivity index (χ4v) is 2.50. The third-order valence-corrected chi connectivity index (χ3v) is 3.31. The van der Waals surface area contributed by atoms with Gasteiger partial charge in [-0.1, -0.05) is 0 Å². The van der Waals surface area contributed by atoms with E-state index in [4.69, 9.17) is 14.6 Å². The second-order valence-electron chi connectivity index (χ2n) is 4.76. The molecule has 2 aliphatic rings. The van der Waals surface area contributed by atoms with Gasteiger partial charge in [0.2, 0.25) is 0 Å². The second-order valence-corrected chi connectivity index (χ2v) is 4.76. The van der Waals surface area contributed by atoms with Gasteiger partial charge in [0.25, 0.3) is 0 Å². The van der Waals surface area contributed by atoms with E-state index in [0.717, 1.165) is 19.5 Å². The fraction of sp³-hybridized carbons (Fsp3) is 1.00. The van der Waals surface area contributed by atoms with Crippen molar-refractivity contribution in [2.45, 2.75) is 38.1 Å². The largest absolute Gasteiger partial charge is 0.394 e. The minimum Gasteiger partial charge on any atom is -0.394 e. The van der Waals surface area contributed by atoms with Crippen molar-refractivity contribution in [2.24, 2.45) is 5.92 Å². The quantitative estimate of drug-likeness (QED) is 0.720. The van der Waals surface area contributed by atoms with Crippen molar-refractivity contribution >= 4 is 0 Å². The summed E-state index contributed by atoms with van der Waals surface area (Å²) in [6, 6.07) is 0. The van der Waals surface area contributed by atoms with E-state index in [-0.39, 0.29) is 12.7 Å². The van der Waals surface area contributed by atoms with Crippen molar-refractivity contribution in [2.75, 3.05) is 26.3 Å². The van der Waals surface area contributed by atoms with E-state index >= 15 is 0 Å². The van der Waals surface area contributed by atoms with Crippen LogP contribution < -0.4 is 5.32 Å². The summed E-state index contributed by atoms with van der Waals surface area (Å²) in [5.74, 6) is 0.226. The average molecular weight is 215 g/mol. The third kappa shape index (κ3) is 2.91. The van der Waals surface area contributed by atoms with Gasteiger partial charge in [0.15, 0.2) is 5.79 Å². The molecule has 2 saturated heterocycles. The van der Waals surface area contributed by atoms with Crippen LogP contribution in [0, 0.1) is 5.92 Å². The van der Waals surface area contributed by atoms with Crippen LogP contribution in [0.5, 0.6) is 0 Å². The SMILES string of the molecule is CC1(CC2CCNCC2)OCC(CO)O1. The molecule has 2 unspecified atom stereocenters. The molecule has 0 bridgehead atoms. The number of aliphatic hydroxyl groups excluding tert-OH is 1. The van der Waals surface area contributed by atoms with E-state index in [1.165, 1.54) is 12.8 Å². The molecule has 0 spiro atoms. The molecule has 2 atom stereocenters. The molecular weight excluding hydrogens is 194 g/mol. The highest BCUT2D eigenvalue weighted by Gasteiger charge is 2.38. The van der Waals surface area contributed by atoms with Gasteiger partial charge in [0, 0.05) is 6.42 Å². The van der Waals surface area contributed by atoms with Gasteiger partial charge in [-0.25, -0.2) is 0 Å². The van der Waals surface area contributed by atoms with E-state index < -0.39 is 5.79 Å². The van der Waals surface area contributed by atoms with E-state index in [0.29, 0.717) is 12.5 Å². The topological polar surface area (TPSA) is 50.7 Å². The molecule has 15 heavy (non-hydrogen) atoms. The first-order valence-corrected chi connectivity index (χ1v) is 5.85. The summed E-state index contributed by atoms with van der Waals surface area (Å²) in [6.45, 7) is 4.78. The smallest absolute Gasteiger partial charge is 0.166 e. The highest BCUT2D eigenvalue weighted by Crippen LogP contribution is 2.32. The van der Waals surface area contributed by atoms with Crippen molar-refractivity contribution < 1.29 is 14.6 Å². The summed E-state index contributed by atoms with van der Waals surface area (Å²) in [4.78, 5) is 0. The Labute approximate surface area is 90.9 Å². The van der Waals surface area contributed by atoms with Crippen LogP contribution in [0.25, 0.3) is 0 Å². The molecule has 0 aliphatic carbocycles. The highest BCUT2D eigenvalue weighted by molar-refractivity contribution is 4.80. The third-order valence-electron chi connectivity index (χ3n) is 3.31. The first-order chi connectivity index (χ1) is 7.22. The molecule has 4 nitrogen and oxygen atoms in total. The van der Waals surface area contributed by atoms with Crippen molar-refractivity contribution in [3.63, 3.8) is 0 Å². The molecule has 0 aromatic heterocycles. The predicted octanol–water partition coefficient (Wildman–Crippen LogP) is 0.500. The van der Waals surface area contributed by atoms with Gasteiger partial charge in [0.05, 0.1) is 13.2 Å². The Kier molecular flexibility index (Phi) is 3.61. The number of ether oxygens (including phenoxy) is 2. The van der Waals surface area contributed by atoms with Crippen molar-refractivity contribution in [1.29, 1.82) is 0 Å². The van der Waals surface area contributed by atoms with Gasteiger partial charge >= 0.3 is 0 Å². The first-order valence-electron chi connectivity index (χ1n) is 5.85. The molecule has 2 N–H and O–H groups in total. The Bertz CT molecular complexity index is 206. The maximum absolute atomic E-state index is 8.99. The van der Waals surface area contributed by atoms with Crippen LogP contribution in [0.15, 0.2) is 0 Å². The lowest BCUT2D eigenvalue weighted by Gasteiger charge is -2.30. The zero-order chi connectivity index (χ0) is 10.7. The van der Waals surface area contributed by atoms with Crippen LogP contribution in [0.3, 0.4) is 0 Å². The van der Waals surface area contributed by atoms with Gasteiger partial charge in [-0.2, -0.15) is 0 Å². The summed E-state index contributed by atoms with van der Waals surface area (Å²) in [5.41, 5.74) is 0. The molecule has 2 heterocycles. The van der Waals surface area contributed by atoms with Gasteiger partial charge in [0.1, 0.15) is 6.10 Å². The molecule has 2 aliphatic heterocycles. The molecular formula is C11H21NO3. The Morgan fingerprint density at radius 2 is 2.13 bits per heavy atom. The normalized spacial score (nSPS) is 38.4. The van der Waals surface area contributed by atoms with Crippen molar-refractivity contribution in [3.05, 3.63) is 0 Å². The monoisotopic (exact) mass is 215 g/mol. The van der Waals surface area contributed by atoms with E-state index in [1.54, 1.807) is 0 Å². The van der Waals surface area contributed by atoms with Crippen LogP contribution in [0.1, 0.15) is 26.2 Å². The molecule has 0 amide bonds. The fourth-order valence-electron chi connectivity index (χ4n) is 2.50. The van der Waals surface area contributed by atoms with Crippen LogP contribution >= 0.6 is 0 Å². The molecule has 2 rings (SSSR count). The van der Waals surface area contributed by atoms with Gasteiger partial charge in [-0.15, -0.1) is 0 Å². The first kappa shape index (κ1) is 11.3. The summed E-state index contributed by atoms with van der Waals surface area (Å²) in [7, 11) is 0. The number of rotatable bonds is 3. The van der Waals surface area contributed by atoms with Gasteiger partial charge in [-0.05, 0) is 38.8 Å². The molecule has 0 aromatic rings. The summed E-state index contributed by atoms with van der Waals surface area (Å²) >= 11 is 0. The van der Waals surface area contributed by atoms with Crippen LogP contribution in [-0.2, 0) is 9.47 Å². The van der Waals surface area contributed by atoms with E-state index in [2.05, 4.69) is 5.32 Å². The molecule has 88 valence electrons. The minimum absolute atomic E-state index is 0.0574. The lowest BCUT2D eigenvalue weighted by Crippen LogP contribution is -2.35. The van der Waals surface area contributed by atoms with Crippen molar-refractivity contribution in [1.82, 2.24) is 5.32 Å². The average Bonchev–Trinajstić information content (AvgIpc) is 2.61. The standard InChI is InChI=1S/C11H21NO3/c1-11(14-8-10(7-13)15-11)6-9-2-4-12-5-3-9/h9-10,12-13H,2-8H2,1H3. The maximum Gasteiger partial charge on any atom is 0.166 e. The summed E-state index contributed by atoms with van der Waals surface area (Å²) < 4.78 is 11.4. The zero-order valence-corrected chi connectivity index (χ0v) is 9.37. The molecule has 4 heteroatoms. The molecule has 0 radical (unpaired) electrons. The molecule has 0 saturated carbocycles. The van der Waals surface area contributed by atoms with Crippen LogP contribution in [-0.4, -0.2) is 43.3 Å². The van der Waals surface area contributed by atoms with E-state index in [9.17, 15) is 0 Å². The number of hydrogen-bond acceptors (Lipinski definition) is 4. The van der Waals surface area contributed by atoms with Crippen molar-refractivity contribution in [3.8, 4) is 0 Å². The molecule has 2 fully saturated rings. The van der Waals surface area contributed by atoms with E-state index in [1.807, 2.05) is 6.92 Å². The summed E-state index contributed by atoms with van der Waals surface area (Å²) in [6.07, 6.45) is 3.22. The zero-order valence-electron chi connectivity index (χ0n) is 9.37. The number of piperidine rings is 1. The lowest BCUT2D eigenvalue weighted by atomic mass is 9.91. The van der Waals surface area contributed by atoms with Gasteiger partial charge in [-0.3, -0.25) is 0 Å². The number of hydrogen-bond donors (Lipinski definition) is 2. The predicted molar refractivity (Wildman–Crippen MR) is 56.5 cm³/mol. The Balaban J connectivity index is 1.82. The van der Waals surface area contributed by atoms with Crippen LogP contribution in [0.2, 0.25) is 0 Å². The number of nitrogens with one attached hydrogen (secondary N) is 1. The second kappa shape index (κ2) is 4.78. The lowest BCUT2D eigenvalue weighted by molar-refractivity contribution is -0.170. The van der Waals surface area contributed by atoms with Crippen LogP contribution in [0.4, 0.5) is 0 Å². The molecule has 0 aromatic carbocycles. The number of aliphatic hydroxyl groups is 1. The van der Waals surface area contributed by atoms with Gasteiger partial charge < -0.3 is 19.9 Å². The summed E-state index contributed by atoms with van der Waals surface area (Å²) in [5, 5.41) is 12.3. The Hall–Kier alpha value is -0.160.